The Morgan fingerprint density at radius 1 is 1.42 bits per heavy atom. The predicted molar refractivity (Wildman–Crippen MR) is 75.3 cm³/mol. The molecule has 1 aromatic heterocycles. The fourth-order valence-electron chi connectivity index (χ4n) is 1.81. The molecular weight excluding hydrogens is 240 g/mol. The van der Waals surface area contributed by atoms with Crippen molar-refractivity contribution in [2.75, 3.05) is 18.9 Å². The summed E-state index contributed by atoms with van der Waals surface area (Å²) >= 11 is 0. The highest BCUT2D eigenvalue weighted by Gasteiger charge is 2.12. The summed E-state index contributed by atoms with van der Waals surface area (Å²) in [6.07, 6.45) is 3.59. The minimum absolute atomic E-state index is 0.00645. The lowest BCUT2D eigenvalue weighted by Gasteiger charge is -2.12. The maximum atomic E-state index is 11.9. The van der Waals surface area contributed by atoms with Crippen LogP contribution in [0.1, 0.15) is 6.92 Å². The summed E-state index contributed by atoms with van der Waals surface area (Å²) in [6, 6.07) is 9.48. The molecule has 1 atom stereocenters. The van der Waals surface area contributed by atoms with E-state index in [1.54, 1.807) is 10.9 Å². The van der Waals surface area contributed by atoms with Gasteiger partial charge in [-0.1, -0.05) is 13.0 Å². The molecule has 0 radical (unpaired) electrons. The Hall–Kier alpha value is -2.14. The van der Waals surface area contributed by atoms with Crippen LogP contribution < -0.4 is 10.6 Å². The van der Waals surface area contributed by atoms with Gasteiger partial charge in [0.25, 0.3) is 0 Å². The van der Waals surface area contributed by atoms with Crippen LogP contribution in [0.4, 0.5) is 5.69 Å². The summed E-state index contributed by atoms with van der Waals surface area (Å²) in [7, 11) is 1.84. The molecule has 0 aliphatic carbocycles. The summed E-state index contributed by atoms with van der Waals surface area (Å²) in [6.45, 7) is 2.55. The summed E-state index contributed by atoms with van der Waals surface area (Å²) < 4.78 is 1.76. The first-order chi connectivity index (χ1) is 9.20. The molecule has 2 N–H and O–H groups in total. The molecule has 0 saturated carbocycles. The summed E-state index contributed by atoms with van der Waals surface area (Å²) in [4.78, 5) is 11.9. The second-order valence-electron chi connectivity index (χ2n) is 4.45. The minimum atomic E-state index is -0.0710. The number of benzene rings is 1. The SMILES string of the molecule is CNCC(C)C(=O)Nc1cccc(-n2cccn2)c1. The van der Waals surface area contributed by atoms with Crippen molar-refractivity contribution in [2.45, 2.75) is 6.92 Å². The summed E-state index contributed by atoms with van der Waals surface area (Å²) in [5.41, 5.74) is 1.70. The van der Waals surface area contributed by atoms with Gasteiger partial charge in [-0.3, -0.25) is 4.79 Å². The molecule has 0 saturated heterocycles. The molecule has 5 nitrogen and oxygen atoms in total. The van der Waals surface area contributed by atoms with Crippen molar-refractivity contribution >= 4 is 11.6 Å². The highest BCUT2D eigenvalue weighted by molar-refractivity contribution is 5.92. The highest BCUT2D eigenvalue weighted by Crippen LogP contribution is 2.14. The topological polar surface area (TPSA) is 59.0 Å². The predicted octanol–water partition coefficient (Wildman–Crippen LogP) is 1.67. The number of aromatic nitrogens is 2. The molecule has 0 bridgehead atoms. The van der Waals surface area contributed by atoms with Gasteiger partial charge in [0.05, 0.1) is 5.69 Å². The Morgan fingerprint density at radius 2 is 2.26 bits per heavy atom. The van der Waals surface area contributed by atoms with E-state index in [1.165, 1.54) is 0 Å². The molecule has 2 aromatic rings. The number of carbonyl (C=O) groups excluding carboxylic acids is 1. The molecule has 1 amide bonds. The number of hydrogen-bond acceptors (Lipinski definition) is 3. The van der Waals surface area contributed by atoms with Crippen LogP contribution in [0.25, 0.3) is 5.69 Å². The zero-order valence-electron chi connectivity index (χ0n) is 11.1. The Morgan fingerprint density at radius 3 is 2.95 bits per heavy atom. The van der Waals surface area contributed by atoms with Crippen molar-refractivity contribution in [3.63, 3.8) is 0 Å². The Kier molecular flexibility index (Phi) is 4.30. The van der Waals surface area contributed by atoms with E-state index >= 15 is 0 Å². The highest BCUT2D eigenvalue weighted by atomic mass is 16.1. The van der Waals surface area contributed by atoms with Gasteiger partial charge in [0.15, 0.2) is 0 Å². The number of amides is 1. The Bertz CT molecular complexity index is 536. The monoisotopic (exact) mass is 258 g/mol. The molecule has 0 aliphatic heterocycles. The Balaban J connectivity index is 2.09. The number of anilines is 1. The van der Waals surface area contributed by atoms with Gasteiger partial charge in [0.2, 0.25) is 5.91 Å². The lowest BCUT2D eigenvalue weighted by Crippen LogP contribution is -2.28. The van der Waals surface area contributed by atoms with Crippen molar-refractivity contribution in [2.24, 2.45) is 5.92 Å². The van der Waals surface area contributed by atoms with Crippen molar-refractivity contribution in [3.8, 4) is 5.69 Å². The number of nitrogens with zero attached hydrogens (tertiary/aromatic N) is 2. The average molecular weight is 258 g/mol. The molecular formula is C14H18N4O. The third-order valence-corrected chi connectivity index (χ3v) is 2.84. The van der Waals surface area contributed by atoms with Crippen LogP contribution in [-0.4, -0.2) is 29.3 Å². The number of carbonyl (C=O) groups is 1. The number of rotatable bonds is 5. The molecule has 1 unspecified atom stereocenters. The van der Waals surface area contributed by atoms with Crippen LogP contribution >= 0.6 is 0 Å². The van der Waals surface area contributed by atoms with E-state index in [2.05, 4.69) is 15.7 Å². The van der Waals surface area contributed by atoms with E-state index in [0.717, 1.165) is 11.4 Å². The molecule has 0 aliphatic rings. The lowest BCUT2D eigenvalue weighted by molar-refractivity contribution is -0.119. The molecule has 2 rings (SSSR count). The molecule has 0 fully saturated rings. The lowest BCUT2D eigenvalue weighted by atomic mass is 10.1. The third-order valence-electron chi connectivity index (χ3n) is 2.84. The van der Waals surface area contributed by atoms with Gasteiger partial charge in [0.1, 0.15) is 0 Å². The zero-order valence-corrected chi connectivity index (χ0v) is 11.1. The smallest absolute Gasteiger partial charge is 0.228 e. The molecule has 19 heavy (non-hydrogen) atoms. The van der Waals surface area contributed by atoms with Crippen molar-refractivity contribution < 1.29 is 4.79 Å². The van der Waals surface area contributed by atoms with Crippen LogP contribution in [0, 0.1) is 5.92 Å². The maximum absolute atomic E-state index is 11.9. The summed E-state index contributed by atoms with van der Waals surface area (Å²) in [5.74, 6) is -0.0645. The van der Waals surface area contributed by atoms with Gasteiger partial charge in [-0.2, -0.15) is 5.10 Å². The molecule has 1 aromatic carbocycles. The third kappa shape index (κ3) is 3.42. The standard InChI is InChI=1S/C14H18N4O/c1-11(10-15-2)14(19)17-12-5-3-6-13(9-12)18-8-4-7-16-18/h3-9,11,15H,10H2,1-2H3,(H,17,19). The van der Waals surface area contributed by atoms with E-state index in [-0.39, 0.29) is 11.8 Å². The van der Waals surface area contributed by atoms with E-state index in [0.29, 0.717) is 6.54 Å². The molecule has 0 spiro atoms. The maximum Gasteiger partial charge on any atom is 0.228 e. The van der Waals surface area contributed by atoms with Crippen LogP contribution in [0.2, 0.25) is 0 Å². The zero-order chi connectivity index (χ0) is 13.7. The van der Waals surface area contributed by atoms with Crippen LogP contribution in [0.15, 0.2) is 42.7 Å². The largest absolute Gasteiger partial charge is 0.326 e. The molecule has 1 heterocycles. The van der Waals surface area contributed by atoms with Gasteiger partial charge in [-0.15, -0.1) is 0 Å². The van der Waals surface area contributed by atoms with Crippen LogP contribution in [-0.2, 0) is 4.79 Å². The summed E-state index contributed by atoms with van der Waals surface area (Å²) in [5, 5.41) is 10.1. The number of hydrogen-bond donors (Lipinski definition) is 2. The first-order valence-electron chi connectivity index (χ1n) is 6.26. The Labute approximate surface area is 112 Å². The van der Waals surface area contributed by atoms with Crippen LogP contribution in [0.3, 0.4) is 0 Å². The van der Waals surface area contributed by atoms with Crippen molar-refractivity contribution in [1.29, 1.82) is 0 Å². The fraction of sp³-hybridized carbons (Fsp3) is 0.286. The van der Waals surface area contributed by atoms with Gasteiger partial charge in [-0.25, -0.2) is 4.68 Å². The van der Waals surface area contributed by atoms with Gasteiger partial charge >= 0.3 is 0 Å². The average Bonchev–Trinajstić information content (AvgIpc) is 2.93. The minimum Gasteiger partial charge on any atom is -0.326 e. The quantitative estimate of drug-likeness (QED) is 0.857. The van der Waals surface area contributed by atoms with E-state index in [9.17, 15) is 4.79 Å². The fourth-order valence-corrected chi connectivity index (χ4v) is 1.81. The van der Waals surface area contributed by atoms with Crippen molar-refractivity contribution in [1.82, 2.24) is 15.1 Å². The van der Waals surface area contributed by atoms with Gasteiger partial charge < -0.3 is 10.6 Å². The van der Waals surface area contributed by atoms with Gasteiger partial charge in [0, 0.05) is 30.5 Å². The van der Waals surface area contributed by atoms with E-state index in [4.69, 9.17) is 0 Å². The van der Waals surface area contributed by atoms with Gasteiger partial charge in [-0.05, 0) is 31.3 Å². The number of nitrogens with one attached hydrogen (secondary N) is 2. The first-order valence-corrected chi connectivity index (χ1v) is 6.26. The van der Waals surface area contributed by atoms with E-state index in [1.807, 2.05) is 50.5 Å². The second kappa shape index (κ2) is 6.15. The van der Waals surface area contributed by atoms with Crippen LogP contribution in [0.5, 0.6) is 0 Å². The molecule has 5 heteroatoms. The van der Waals surface area contributed by atoms with Crippen molar-refractivity contribution in [3.05, 3.63) is 42.7 Å². The normalized spacial score (nSPS) is 12.1. The first kappa shape index (κ1) is 13.3. The molecule has 100 valence electrons. The second-order valence-corrected chi connectivity index (χ2v) is 4.45. The van der Waals surface area contributed by atoms with E-state index < -0.39 is 0 Å².